The molecule has 1 saturated heterocycles. The Morgan fingerprint density at radius 3 is 2.31 bits per heavy atom. The van der Waals surface area contributed by atoms with E-state index in [-0.39, 0.29) is 12.5 Å². The minimum absolute atomic E-state index is 0.0976. The van der Waals surface area contributed by atoms with Gasteiger partial charge in [-0.1, -0.05) is 15.9 Å². The standard InChI is InChI=1S/C23H29BrN3O4P/c1-14-9-19(24)10-15(2)22(14)27-12-16(3)21-20(11-17(4)25-23(21)27)26-7-5-18(6-8-26)13-31-32(28,29)30/h9-12,18H,5-8,13H2,1-4H3,(H2,28,29,30). The third kappa shape index (κ3) is 4.80. The van der Waals surface area contributed by atoms with Gasteiger partial charge in [-0.25, -0.2) is 9.55 Å². The number of pyridine rings is 1. The zero-order chi connectivity index (χ0) is 23.2. The molecule has 172 valence electrons. The molecule has 0 atom stereocenters. The van der Waals surface area contributed by atoms with E-state index >= 15 is 0 Å². The number of phosphoric ester groups is 1. The maximum Gasteiger partial charge on any atom is 0.469 e. The predicted molar refractivity (Wildman–Crippen MR) is 131 cm³/mol. The lowest BCUT2D eigenvalue weighted by Gasteiger charge is -2.34. The van der Waals surface area contributed by atoms with Gasteiger partial charge in [-0.2, -0.15) is 0 Å². The van der Waals surface area contributed by atoms with Gasteiger partial charge in [0.15, 0.2) is 0 Å². The van der Waals surface area contributed by atoms with Gasteiger partial charge in [0.2, 0.25) is 0 Å². The molecule has 1 aromatic carbocycles. The van der Waals surface area contributed by atoms with Gasteiger partial charge in [0.25, 0.3) is 0 Å². The number of hydrogen-bond acceptors (Lipinski definition) is 4. The van der Waals surface area contributed by atoms with Crippen LogP contribution in [0.4, 0.5) is 5.69 Å². The van der Waals surface area contributed by atoms with Crippen molar-refractivity contribution in [3.05, 3.63) is 51.3 Å². The van der Waals surface area contributed by atoms with Crippen molar-refractivity contribution in [2.75, 3.05) is 24.6 Å². The van der Waals surface area contributed by atoms with Gasteiger partial charge >= 0.3 is 7.82 Å². The lowest BCUT2D eigenvalue weighted by Crippen LogP contribution is -2.35. The van der Waals surface area contributed by atoms with E-state index in [1.165, 1.54) is 22.4 Å². The first kappa shape index (κ1) is 23.5. The Bertz CT molecular complexity index is 1190. The van der Waals surface area contributed by atoms with Crippen molar-refractivity contribution in [1.82, 2.24) is 9.55 Å². The summed E-state index contributed by atoms with van der Waals surface area (Å²) >= 11 is 3.59. The summed E-state index contributed by atoms with van der Waals surface area (Å²) in [5, 5.41) is 1.15. The average Bonchev–Trinajstić information content (AvgIpc) is 3.01. The molecular formula is C23H29BrN3O4P. The van der Waals surface area contributed by atoms with E-state index in [9.17, 15) is 4.57 Å². The van der Waals surface area contributed by atoms with E-state index < -0.39 is 7.82 Å². The first-order valence-electron chi connectivity index (χ1n) is 10.7. The van der Waals surface area contributed by atoms with Gasteiger partial charge in [0.05, 0.1) is 12.3 Å². The number of hydrogen-bond donors (Lipinski definition) is 2. The molecule has 1 fully saturated rings. The van der Waals surface area contributed by atoms with Crippen molar-refractivity contribution < 1.29 is 18.9 Å². The maximum absolute atomic E-state index is 11.0. The number of rotatable bonds is 5. The monoisotopic (exact) mass is 521 g/mol. The van der Waals surface area contributed by atoms with Gasteiger partial charge in [-0.05, 0) is 81.3 Å². The lowest BCUT2D eigenvalue weighted by molar-refractivity contribution is 0.157. The average molecular weight is 522 g/mol. The van der Waals surface area contributed by atoms with Crippen LogP contribution in [-0.4, -0.2) is 39.0 Å². The molecule has 3 aromatic rings. The largest absolute Gasteiger partial charge is 0.469 e. The summed E-state index contributed by atoms with van der Waals surface area (Å²) in [5.74, 6) is 0.149. The lowest BCUT2D eigenvalue weighted by atomic mass is 9.97. The van der Waals surface area contributed by atoms with Crippen LogP contribution in [0.15, 0.2) is 28.9 Å². The zero-order valence-corrected chi connectivity index (χ0v) is 21.3. The van der Waals surface area contributed by atoms with Crippen molar-refractivity contribution in [1.29, 1.82) is 0 Å². The normalized spacial score (nSPS) is 15.7. The summed E-state index contributed by atoms with van der Waals surface area (Å²) in [7, 11) is -4.42. The molecule has 7 nitrogen and oxygen atoms in total. The Morgan fingerprint density at radius 1 is 1.09 bits per heavy atom. The first-order chi connectivity index (χ1) is 15.0. The van der Waals surface area contributed by atoms with Crippen molar-refractivity contribution in [2.24, 2.45) is 5.92 Å². The van der Waals surface area contributed by atoms with E-state index in [4.69, 9.17) is 19.3 Å². The SMILES string of the molecule is Cc1cc(N2CCC(COP(=O)(O)O)CC2)c2c(C)cn(-c3c(C)cc(Br)cc3C)c2n1. The molecule has 0 radical (unpaired) electrons. The van der Waals surface area contributed by atoms with E-state index in [0.29, 0.717) is 0 Å². The minimum atomic E-state index is -4.42. The van der Waals surface area contributed by atoms with Crippen molar-refractivity contribution >= 4 is 40.5 Å². The summed E-state index contributed by atoms with van der Waals surface area (Å²) in [6.45, 7) is 10.1. The highest BCUT2D eigenvalue weighted by Gasteiger charge is 2.26. The molecule has 2 N–H and O–H groups in total. The van der Waals surface area contributed by atoms with Crippen molar-refractivity contribution in [3.63, 3.8) is 0 Å². The Morgan fingerprint density at radius 2 is 1.72 bits per heavy atom. The number of anilines is 1. The summed E-state index contributed by atoms with van der Waals surface area (Å²) in [5.41, 5.74) is 7.79. The summed E-state index contributed by atoms with van der Waals surface area (Å²) in [4.78, 5) is 25.2. The number of aromatic nitrogens is 2. The van der Waals surface area contributed by atoms with Gasteiger partial charge in [0.1, 0.15) is 5.65 Å². The number of phosphoric acid groups is 1. The van der Waals surface area contributed by atoms with E-state index in [1.54, 1.807) is 0 Å². The van der Waals surface area contributed by atoms with Crippen LogP contribution in [0.3, 0.4) is 0 Å². The summed E-state index contributed by atoms with van der Waals surface area (Å²) < 4.78 is 19.0. The molecule has 0 aliphatic carbocycles. The van der Waals surface area contributed by atoms with Crippen LogP contribution in [-0.2, 0) is 9.09 Å². The quantitative estimate of drug-likeness (QED) is 0.440. The molecule has 4 rings (SSSR count). The molecule has 9 heteroatoms. The number of halogens is 1. The van der Waals surface area contributed by atoms with Crippen LogP contribution >= 0.6 is 23.8 Å². The van der Waals surface area contributed by atoms with E-state index in [1.807, 2.05) is 6.92 Å². The minimum Gasteiger partial charge on any atom is -0.371 e. The number of piperidine rings is 1. The smallest absolute Gasteiger partial charge is 0.371 e. The summed E-state index contributed by atoms with van der Waals surface area (Å²) in [6.07, 6.45) is 3.82. The van der Waals surface area contributed by atoms with Crippen molar-refractivity contribution in [2.45, 2.75) is 40.5 Å². The second-order valence-electron chi connectivity index (χ2n) is 8.77. The highest BCUT2D eigenvalue weighted by molar-refractivity contribution is 9.10. The number of fused-ring (bicyclic) bond motifs is 1. The van der Waals surface area contributed by atoms with E-state index in [0.717, 1.165) is 52.8 Å². The molecule has 1 aliphatic rings. The molecular weight excluding hydrogens is 493 g/mol. The fourth-order valence-electron chi connectivity index (χ4n) is 4.76. The topological polar surface area (TPSA) is 87.8 Å². The number of nitrogens with zero attached hydrogens (tertiary/aromatic N) is 3. The molecule has 0 unspecified atom stereocenters. The first-order valence-corrected chi connectivity index (χ1v) is 13.1. The molecule has 0 spiro atoms. The van der Waals surface area contributed by atoms with Crippen LogP contribution in [0.5, 0.6) is 0 Å². The number of benzene rings is 1. The fourth-order valence-corrected chi connectivity index (χ4v) is 5.85. The summed E-state index contributed by atoms with van der Waals surface area (Å²) in [6, 6.07) is 6.41. The Hall–Kier alpha value is -1.70. The second-order valence-corrected chi connectivity index (χ2v) is 10.9. The van der Waals surface area contributed by atoms with Gasteiger partial charge in [-0.3, -0.25) is 4.52 Å². The maximum atomic E-state index is 11.0. The molecule has 1 aliphatic heterocycles. The van der Waals surface area contributed by atoms with Crippen molar-refractivity contribution in [3.8, 4) is 5.69 Å². The highest BCUT2D eigenvalue weighted by atomic mass is 79.9. The fraction of sp³-hybridized carbons (Fsp3) is 0.435. The Balaban J connectivity index is 1.69. The Kier molecular flexibility index (Phi) is 6.54. The van der Waals surface area contributed by atoms with Crippen LogP contribution < -0.4 is 4.90 Å². The zero-order valence-electron chi connectivity index (χ0n) is 18.8. The van der Waals surface area contributed by atoms with Gasteiger partial charge < -0.3 is 19.3 Å². The highest BCUT2D eigenvalue weighted by Crippen LogP contribution is 2.39. The van der Waals surface area contributed by atoms with Gasteiger partial charge in [-0.15, -0.1) is 0 Å². The molecule has 3 heterocycles. The molecule has 0 amide bonds. The third-order valence-corrected chi connectivity index (χ3v) is 7.13. The Labute approximate surface area is 196 Å². The molecule has 2 aromatic heterocycles. The molecule has 0 saturated carbocycles. The molecule has 0 bridgehead atoms. The van der Waals surface area contributed by atoms with Gasteiger partial charge in [0, 0.05) is 40.5 Å². The van der Waals surface area contributed by atoms with Crippen LogP contribution in [0.25, 0.3) is 16.7 Å². The van der Waals surface area contributed by atoms with Crippen LogP contribution in [0.1, 0.15) is 35.2 Å². The van der Waals surface area contributed by atoms with E-state index in [2.05, 4.69) is 70.6 Å². The second kappa shape index (κ2) is 8.92. The number of aryl methyl sites for hydroxylation is 4. The molecule has 32 heavy (non-hydrogen) atoms. The third-order valence-electron chi connectivity index (χ3n) is 6.18. The van der Waals surface area contributed by atoms with Crippen LogP contribution in [0.2, 0.25) is 0 Å². The van der Waals surface area contributed by atoms with Crippen LogP contribution in [0, 0.1) is 33.6 Å². The predicted octanol–water partition coefficient (Wildman–Crippen LogP) is 5.35.